The highest BCUT2D eigenvalue weighted by molar-refractivity contribution is 8.15. The van der Waals surface area contributed by atoms with Crippen molar-refractivity contribution >= 4 is 34.4 Å². The van der Waals surface area contributed by atoms with Gasteiger partial charge in [-0.1, -0.05) is 55.9 Å². The summed E-state index contributed by atoms with van der Waals surface area (Å²) in [5, 5.41) is 5.69. The summed E-state index contributed by atoms with van der Waals surface area (Å²) < 4.78 is 5.77. The zero-order valence-corrected chi connectivity index (χ0v) is 18.1. The number of rotatable bonds is 9. The molecule has 0 radical (unpaired) electrons. The van der Waals surface area contributed by atoms with E-state index >= 15 is 0 Å². The van der Waals surface area contributed by atoms with Gasteiger partial charge in [-0.15, -0.1) is 0 Å². The molecule has 0 bridgehead atoms. The van der Waals surface area contributed by atoms with E-state index in [0.717, 1.165) is 17.7 Å². The molecule has 1 saturated heterocycles. The molecule has 158 valence electrons. The van der Waals surface area contributed by atoms with Crippen molar-refractivity contribution in [3.8, 4) is 5.75 Å². The number of amidine groups is 1. The average Bonchev–Trinajstić information content (AvgIpc) is 3.06. The van der Waals surface area contributed by atoms with Crippen LogP contribution in [-0.2, 0) is 16.2 Å². The third kappa shape index (κ3) is 6.91. The van der Waals surface area contributed by atoms with Gasteiger partial charge in [0.25, 0.3) is 0 Å². The van der Waals surface area contributed by atoms with Gasteiger partial charge in [-0.25, -0.2) is 4.99 Å². The van der Waals surface area contributed by atoms with Crippen molar-refractivity contribution in [2.45, 2.75) is 38.5 Å². The van der Waals surface area contributed by atoms with Crippen molar-refractivity contribution in [2.24, 2.45) is 10.9 Å². The standard InChI is InChI=1S/C23H27N3O3S/c1-16(2)12-13-24-21(27)14-20-22(28)26-23(30-20)25-18-8-10-19(11-9-18)29-15-17-6-4-3-5-7-17/h3-11,16,20H,12-15H2,1-2H3,(H,24,27)(H,25,26,28)/t20-/m1/s1. The molecule has 0 aliphatic carbocycles. The van der Waals surface area contributed by atoms with Gasteiger partial charge in [0.05, 0.1) is 5.69 Å². The highest BCUT2D eigenvalue weighted by atomic mass is 32.2. The second-order valence-corrected chi connectivity index (χ2v) is 8.71. The Morgan fingerprint density at radius 1 is 1.17 bits per heavy atom. The SMILES string of the molecule is CC(C)CCNC(=O)C[C@H]1SC(=Nc2ccc(OCc3ccccc3)cc2)NC1=O. The smallest absolute Gasteiger partial charge is 0.240 e. The summed E-state index contributed by atoms with van der Waals surface area (Å²) in [4.78, 5) is 28.7. The molecule has 2 aromatic rings. The summed E-state index contributed by atoms with van der Waals surface area (Å²) in [7, 11) is 0. The predicted octanol–water partition coefficient (Wildman–Crippen LogP) is 4.04. The molecule has 7 heteroatoms. The van der Waals surface area contributed by atoms with E-state index in [4.69, 9.17) is 4.74 Å². The minimum Gasteiger partial charge on any atom is -0.489 e. The number of hydrogen-bond donors (Lipinski definition) is 2. The van der Waals surface area contributed by atoms with Crippen LogP contribution in [0.15, 0.2) is 59.6 Å². The molecule has 2 aromatic carbocycles. The summed E-state index contributed by atoms with van der Waals surface area (Å²) in [6, 6.07) is 17.3. The van der Waals surface area contributed by atoms with Crippen LogP contribution < -0.4 is 15.4 Å². The topological polar surface area (TPSA) is 79.8 Å². The van der Waals surface area contributed by atoms with Crippen LogP contribution in [0.1, 0.15) is 32.3 Å². The van der Waals surface area contributed by atoms with Gasteiger partial charge in [-0.3, -0.25) is 9.59 Å². The van der Waals surface area contributed by atoms with Crippen LogP contribution in [0.3, 0.4) is 0 Å². The van der Waals surface area contributed by atoms with Gasteiger partial charge in [-0.2, -0.15) is 0 Å². The largest absolute Gasteiger partial charge is 0.489 e. The van der Waals surface area contributed by atoms with E-state index in [2.05, 4.69) is 29.5 Å². The molecule has 0 spiro atoms. The first-order chi connectivity index (χ1) is 14.5. The second kappa shape index (κ2) is 10.8. The zero-order valence-electron chi connectivity index (χ0n) is 17.3. The summed E-state index contributed by atoms with van der Waals surface area (Å²) >= 11 is 1.29. The van der Waals surface area contributed by atoms with Gasteiger partial charge in [0.15, 0.2) is 5.17 Å². The third-order valence-corrected chi connectivity index (χ3v) is 5.59. The van der Waals surface area contributed by atoms with Gasteiger partial charge in [0, 0.05) is 13.0 Å². The molecular formula is C23H27N3O3S. The third-order valence-electron chi connectivity index (χ3n) is 4.51. The molecule has 0 saturated carbocycles. The fourth-order valence-electron chi connectivity index (χ4n) is 2.81. The summed E-state index contributed by atoms with van der Waals surface area (Å²) in [6.45, 7) is 5.35. The molecule has 3 rings (SSSR count). The number of nitrogens with one attached hydrogen (secondary N) is 2. The molecule has 2 N–H and O–H groups in total. The number of amides is 2. The Morgan fingerprint density at radius 3 is 2.60 bits per heavy atom. The lowest BCUT2D eigenvalue weighted by Crippen LogP contribution is -2.32. The van der Waals surface area contributed by atoms with Gasteiger partial charge in [0.1, 0.15) is 17.6 Å². The fraction of sp³-hybridized carbons (Fsp3) is 0.348. The number of aliphatic imine (C=N–C) groups is 1. The molecule has 0 aromatic heterocycles. The maximum absolute atomic E-state index is 12.2. The van der Waals surface area contributed by atoms with Crippen LogP contribution in [0.25, 0.3) is 0 Å². The van der Waals surface area contributed by atoms with E-state index in [1.54, 1.807) is 0 Å². The molecule has 0 unspecified atom stereocenters. The first kappa shape index (κ1) is 21.9. The number of hydrogen-bond acceptors (Lipinski definition) is 5. The molecule has 30 heavy (non-hydrogen) atoms. The first-order valence-corrected chi connectivity index (χ1v) is 11.0. The molecule has 1 fully saturated rings. The second-order valence-electron chi connectivity index (χ2n) is 7.52. The van der Waals surface area contributed by atoms with Gasteiger partial charge in [0.2, 0.25) is 11.8 Å². The van der Waals surface area contributed by atoms with Gasteiger partial charge < -0.3 is 15.4 Å². The average molecular weight is 426 g/mol. The van der Waals surface area contributed by atoms with Crippen molar-refractivity contribution in [1.82, 2.24) is 10.6 Å². The van der Waals surface area contributed by atoms with Crippen molar-refractivity contribution in [3.05, 3.63) is 60.2 Å². The Labute approximate surface area is 181 Å². The fourth-order valence-corrected chi connectivity index (χ4v) is 3.80. The van der Waals surface area contributed by atoms with Crippen molar-refractivity contribution in [1.29, 1.82) is 0 Å². The number of carbonyl (C=O) groups excluding carboxylic acids is 2. The van der Waals surface area contributed by atoms with E-state index in [1.807, 2.05) is 54.6 Å². The Bertz CT molecular complexity index is 882. The zero-order chi connectivity index (χ0) is 21.3. The van der Waals surface area contributed by atoms with E-state index in [0.29, 0.717) is 29.9 Å². The molecule has 2 amide bonds. The predicted molar refractivity (Wildman–Crippen MR) is 121 cm³/mol. The van der Waals surface area contributed by atoms with Crippen molar-refractivity contribution in [3.63, 3.8) is 0 Å². The Balaban J connectivity index is 1.49. The van der Waals surface area contributed by atoms with E-state index in [-0.39, 0.29) is 18.2 Å². The lowest BCUT2D eigenvalue weighted by Gasteiger charge is -2.08. The van der Waals surface area contributed by atoms with Crippen molar-refractivity contribution < 1.29 is 14.3 Å². The van der Waals surface area contributed by atoms with E-state index in [9.17, 15) is 9.59 Å². The van der Waals surface area contributed by atoms with Crippen LogP contribution in [0.4, 0.5) is 5.69 Å². The van der Waals surface area contributed by atoms with Crippen LogP contribution >= 0.6 is 11.8 Å². The summed E-state index contributed by atoms with van der Waals surface area (Å²) in [5.74, 6) is 0.996. The molecule has 1 heterocycles. The monoisotopic (exact) mass is 425 g/mol. The Kier molecular flexibility index (Phi) is 7.90. The van der Waals surface area contributed by atoms with Crippen molar-refractivity contribution in [2.75, 3.05) is 6.54 Å². The van der Waals surface area contributed by atoms with E-state index in [1.165, 1.54) is 11.8 Å². The minimum atomic E-state index is -0.448. The highest BCUT2D eigenvalue weighted by Gasteiger charge is 2.32. The maximum atomic E-state index is 12.2. The number of benzene rings is 2. The van der Waals surface area contributed by atoms with Crippen LogP contribution in [-0.4, -0.2) is 28.8 Å². The minimum absolute atomic E-state index is 0.107. The number of ether oxygens (including phenoxy) is 1. The van der Waals surface area contributed by atoms with Gasteiger partial charge >= 0.3 is 0 Å². The van der Waals surface area contributed by atoms with Crippen LogP contribution in [0.2, 0.25) is 0 Å². The summed E-state index contributed by atoms with van der Waals surface area (Å²) in [6.07, 6.45) is 1.08. The van der Waals surface area contributed by atoms with Crippen LogP contribution in [0.5, 0.6) is 5.75 Å². The highest BCUT2D eigenvalue weighted by Crippen LogP contribution is 2.26. The number of nitrogens with zero attached hydrogens (tertiary/aromatic N) is 1. The number of thioether (sulfide) groups is 1. The summed E-state index contributed by atoms with van der Waals surface area (Å²) in [5.41, 5.74) is 1.82. The number of carbonyl (C=O) groups is 2. The first-order valence-electron chi connectivity index (χ1n) is 10.1. The van der Waals surface area contributed by atoms with E-state index < -0.39 is 5.25 Å². The lowest BCUT2D eigenvalue weighted by atomic mass is 10.1. The molecule has 6 nitrogen and oxygen atoms in total. The lowest BCUT2D eigenvalue weighted by molar-refractivity contribution is -0.125. The molecular weight excluding hydrogens is 398 g/mol. The normalized spacial score (nSPS) is 17.2. The Hall–Kier alpha value is -2.80. The molecule has 1 atom stereocenters. The van der Waals surface area contributed by atoms with Gasteiger partial charge in [-0.05, 0) is 42.2 Å². The maximum Gasteiger partial charge on any atom is 0.240 e. The van der Waals surface area contributed by atoms with Crippen LogP contribution in [0, 0.1) is 5.92 Å². The molecule has 1 aliphatic heterocycles. The quantitative estimate of drug-likeness (QED) is 0.636. The molecule has 1 aliphatic rings. The Morgan fingerprint density at radius 2 is 1.90 bits per heavy atom.